The van der Waals surface area contributed by atoms with Crippen molar-refractivity contribution in [2.24, 2.45) is 0 Å². The number of nitrogens with zero attached hydrogens (tertiary/aromatic N) is 1. The summed E-state index contributed by atoms with van der Waals surface area (Å²) in [6.45, 7) is 1.56. The maximum absolute atomic E-state index is 13.9. The lowest BCUT2D eigenvalue weighted by molar-refractivity contribution is 0.0750. The van der Waals surface area contributed by atoms with E-state index >= 15 is 0 Å². The van der Waals surface area contributed by atoms with Gasteiger partial charge in [-0.15, -0.1) is 0 Å². The van der Waals surface area contributed by atoms with Crippen molar-refractivity contribution in [3.05, 3.63) is 21.4 Å². The van der Waals surface area contributed by atoms with E-state index in [1.807, 2.05) is 0 Å². The Balaban J connectivity index is 2.03. The molecule has 0 aromatic carbocycles. The summed E-state index contributed by atoms with van der Waals surface area (Å²) in [6, 6.07) is -0.758. The Morgan fingerprint density at radius 1 is 1.43 bits per heavy atom. The number of hydrogen-bond donors (Lipinski definition) is 3. The average Bonchev–Trinajstić information content (AvgIpc) is 2.68. The topological polar surface area (TPSA) is 85.4 Å². The number of carboxylic acid groups (broad SMARTS) is 1. The first kappa shape index (κ1) is 15.9. The van der Waals surface area contributed by atoms with Gasteiger partial charge in [0.2, 0.25) is 0 Å². The van der Waals surface area contributed by atoms with E-state index in [9.17, 15) is 14.0 Å². The number of aromatic nitrogens is 1. The molecule has 9 heteroatoms. The molecule has 1 aliphatic rings. The van der Waals surface area contributed by atoms with Gasteiger partial charge >= 0.3 is 6.09 Å². The summed E-state index contributed by atoms with van der Waals surface area (Å²) in [4.78, 5) is 26.6. The van der Waals surface area contributed by atoms with Crippen LogP contribution in [0.4, 0.5) is 9.18 Å². The zero-order chi connectivity index (χ0) is 15.7. The van der Waals surface area contributed by atoms with E-state index in [0.29, 0.717) is 5.69 Å². The molecule has 6 nitrogen and oxygen atoms in total. The van der Waals surface area contributed by atoms with Crippen molar-refractivity contribution in [2.75, 3.05) is 13.1 Å². The van der Waals surface area contributed by atoms with Crippen LogP contribution in [0, 0.1) is 6.92 Å². The zero-order valence-corrected chi connectivity index (χ0v) is 12.6. The van der Waals surface area contributed by atoms with E-state index in [1.165, 1.54) is 0 Å². The number of aryl methyl sites for hydroxylation is 1. The molecule has 0 bridgehead atoms. The van der Waals surface area contributed by atoms with Crippen molar-refractivity contribution in [1.82, 2.24) is 15.2 Å². The summed E-state index contributed by atoms with van der Waals surface area (Å²) in [5, 5.41) is 11.7. The Labute approximate surface area is 130 Å². The number of alkyl halides is 1. The predicted octanol–water partition coefficient (Wildman–Crippen LogP) is 2.45. The predicted molar refractivity (Wildman–Crippen MR) is 75.9 cm³/mol. The van der Waals surface area contributed by atoms with Crippen molar-refractivity contribution in [1.29, 1.82) is 0 Å². The lowest BCUT2D eigenvalue weighted by Crippen LogP contribution is -2.53. The quantitative estimate of drug-likeness (QED) is 0.774. The number of nitrogens with one attached hydrogen (secondary N) is 2. The van der Waals surface area contributed by atoms with Gasteiger partial charge < -0.3 is 20.3 Å². The lowest BCUT2D eigenvalue weighted by atomic mass is 10.0. The van der Waals surface area contributed by atoms with Gasteiger partial charge in [-0.05, 0) is 13.3 Å². The molecular weight excluding hydrogens is 324 g/mol. The first-order valence-corrected chi connectivity index (χ1v) is 7.03. The van der Waals surface area contributed by atoms with E-state index < -0.39 is 24.2 Å². The van der Waals surface area contributed by atoms with Gasteiger partial charge in [0.25, 0.3) is 5.91 Å². The summed E-state index contributed by atoms with van der Waals surface area (Å²) in [6.07, 6.45) is -2.44. The second-order valence-corrected chi connectivity index (χ2v) is 5.62. The molecular formula is C12H14Cl2FN3O3. The first-order chi connectivity index (χ1) is 9.81. The van der Waals surface area contributed by atoms with Crippen LogP contribution in [0.5, 0.6) is 0 Å². The molecule has 3 N–H and O–H groups in total. The third-order valence-corrected chi connectivity index (χ3v) is 4.36. The molecule has 1 aliphatic heterocycles. The van der Waals surface area contributed by atoms with E-state index in [1.54, 1.807) is 6.92 Å². The van der Waals surface area contributed by atoms with Crippen molar-refractivity contribution < 1.29 is 19.1 Å². The molecule has 0 unspecified atom stereocenters. The molecule has 21 heavy (non-hydrogen) atoms. The van der Waals surface area contributed by atoms with Crippen molar-refractivity contribution in [3.63, 3.8) is 0 Å². The van der Waals surface area contributed by atoms with Gasteiger partial charge in [-0.25, -0.2) is 9.18 Å². The lowest BCUT2D eigenvalue weighted by Gasteiger charge is -2.33. The summed E-state index contributed by atoms with van der Waals surface area (Å²) in [7, 11) is 0. The molecule has 0 spiro atoms. The Morgan fingerprint density at radius 3 is 2.57 bits per heavy atom. The third-order valence-electron chi connectivity index (χ3n) is 3.41. The Bertz CT molecular complexity index is 578. The van der Waals surface area contributed by atoms with Crippen molar-refractivity contribution in [3.8, 4) is 0 Å². The number of carbonyl (C=O) groups is 2. The van der Waals surface area contributed by atoms with E-state index in [-0.39, 0.29) is 35.2 Å². The standard InChI is InChI=1S/C12H14Cl2FN3O3/c1-5-8(13)9(14)10(16-5)11(19)17-7-2-3-18(12(20)21)4-6(7)15/h6-7,16H,2-4H2,1H3,(H,17,19)(H,20,21)/t6-,7+/m1/s1. The maximum atomic E-state index is 13.9. The van der Waals surface area contributed by atoms with Gasteiger partial charge in [-0.2, -0.15) is 0 Å². The molecule has 0 aliphatic carbocycles. The van der Waals surface area contributed by atoms with Gasteiger partial charge in [-0.3, -0.25) is 4.79 Å². The maximum Gasteiger partial charge on any atom is 0.407 e. The fourth-order valence-corrected chi connectivity index (χ4v) is 2.63. The Hall–Kier alpha value is -1.47. The molecule has 2 rings (SSSR count). The summed E-state index contributed by atoms with van der Waals surface area (Å²) in [5.41, 5.74) is 0.622. The van der Waals surface area contributed by atoms with E-state index in [0.717, 1.165) is 4.90 Å². The minimum atomic E-state index is -1.47. The molecule has 2 atom stereocenters. The smallest absolute Gasteiger partial charge is 0.407 e. The number of piperidine rings is 1. The zero-order valence-electron chi connectivity index (χ0n) is 11.1. The number of aromatic amines is 1. The van der Waals surface area contributed by atoms with E-state index in [4.69, 9.17) is 28.3 Å². The van der Waals surface area contributed by atoms with Crippen LogP contribution in [0.15, 0.2) is 0 Å². The van der Waals surface area contributed by atoms with Crippen LogP contribution < -0.4 is 5.32 Å². The second-order valence-electron chi connectivity index (χ2n) is 4.87. The number of carbonyl (C=O) groups excluding carboxylic acids is 1. The normalized spacial score (nSPS) is 22.2. The number of likely N-dealkylation sites (tertiary alicyclic amines) is 1. The highest BCUT2D eigenvalue weighted by molar-refractivity contribution is 6.44. The summed E-state index contributed by atoms with van der Waals surface area (Å²) in [5.74, 6) is -0.563. The fraction of sp³-hybridized carbons (Fsp3) is 0.500. The minimum Gasteiger partial charge on any atom is -0.465 e. The molecule has 1 fully saturated rings. The summed E-state index contributed by atoms with van der Waals surface area (Å²) < 4.78 is 13.9. The fourth-order valence-electron chi connectivity index (χ4n) is 2.21. The van der Waals surface area contributed by atoms with Crippen LogP contribution in [0.25, 0.3) is 0 Å². The van der Waals surface area contributed by atoms with Gasteiger partial charge in [-0.1, -0.05) is 23.2 Å². The average molecular weight is 338 g/mol. The molecule has 1 saturated heterocycles. The highest BCUT2D eigenvalue weighted by Gasteiger charge is 2.33. The number of amides is 2. The largest absolute Gasteiger partial charge is 0.465 e. The first-order valence-electron chi connectivity index (χ1n) is 6.27. The highest BCUT2D eigenvalue weighted by atomic mass is 35.5. The molecule has 0 radical (unpaired) electrons. The van der Waals surface area contributed by atoms with Gasteiger partial charge in [0, 0.05) is 12.2 Å². The third kappa shape index (κ3) is 3.24. The van der Waals surface area contributed by atoms with Gasteiger partial charge in [0.15, 0.2) is 0 Å². The summed E-state index contributed by atoms with van der Waals surface area (Å²) >= 11 is 11.8. The second kappa shape index (κ2) is 6.11. The van der Waals surface area contributed by atoms with Crippen LogP contribution >= 0.6 is 23.2 Å². The molecule has 1 aromatic heterocycles. The van der Waals surface area contributed by atoms with Gasteiger partial charge in [0.1, 0.15) is 11.9 Å². The molecule has 116 valence electrons. The van der Waals surface area contributed by atoms with Crippen molar-refractivity contribution in [2.45, 2.75) is 25.6 Å². The molecule has 2 amide bonds. The minimum absolute atomic E-state index is 0.0760. The number of hydrogen-bond acceptors (Lipinski definition) is 2. The van der Waals surface area contributed by atoms with Crippen LogP contribution in [-0.2, 0) is 0 Å². The van der Waals surface area contributed by atoms with Gasteiger partial charge in [0.05, 0.1) is 22.6 Å². The highest BCUT2D eigenvalue weighted by Crippen LogP contribution is 2.29. The van der Waals surface area contributed by atoms with Crippen LogP contribution in [0.3, 0.4) is 0 Å². The number of rotatable bonds is 2. The molecule has 2 heterocycles. The van der Waals surface area contributed by atoms with Crippen LogP contribution in [0.2, 0.25) is 10.0 Å². The van der Waals surface area contributed by atoms with Crippen LogP contribution in [-0.4, -0.2) is 52.3 Å². The number of H-pyrrole nitrogens is 1. The molecule has 0 saturated carbocycles. The monoisotopic (exact) mass is 337 g/mol. The molecule has 1 aromatic rings. The van der Waals surface area contributed by atoms with E-state index in [2.05, 4.69) is 10.3 Å². The van der Waals surface area contributed by atoms with Crippen molar-refractivity contribution >= 4 is 35.2 Å². The SMILES string of the molecule is Cc1[nH]c(C(=O)N[C@H]2CCN(C(=O)O)C[C@H]2F)c(Cl)c1Cl. The Morgan fingerprint density at radius 2 is 2.10 bits per heavy atom. The number of halogens is 3. The Kier molecular flexibility index (Phi) is 4.63. The van der Waals surface area contributed by atoms with Crippen LogP contribution in [0.1, 0.15) is 22.6 Å².